The van der Waals surface area contributed by atoms with E-state index in [-0.39, 0.29) is 5.54 Å². The molecule has 124 valence electrons. The fraction of sp³-hybridized carbons (Fsp3) is 0.647. The Balaban J connectivity index is 1.51. The molecule has 4 rings (SSSR count). The summed E-state index contributed by atoms with van der Waals surface area (Å²) in [7, 11) is 2.20. The Labute approximate surface area is 141 Å². The van der Waals surface area contributed by atoms with E-state index in [9.17, 15) is 0 Å². The van der Waals surface area contributed by atoms with Gasteiger partial charge in [-0.25, -0.2) is 0 Å². The van der Waals surface area contributed by atoms with Crippen molar-refractivity contribution >= 4 is 11.3 Å². The molecule has 4 heterocycles. The highest BCUT2D eigenvalue weighted by molar-refractivity contribution is 7.11. The quantitative estimate of drug-likeness (QED) is 0.847. The monoisotopic (exact) mass is 331 g/mol. The molecule has 2 aromatic rings. The molecular formula is C17H25N5S. The summed E-state index contributed by atoms with van der Waals surface area (Å²) in [5, 5.41) is 8.75. The molecule has 1 saturated heterocycles. The Morgan fingerprint density at radius 3 is 2.65 bits per heavy atom. The van der Waals surface area contributed by atoms with Crippen LogP contribution in [0.1, 0.15) is 34.2 Å². The van der Waals surface area contributed by atoms with Gasteiger partial charge in [0, 0.05) is 35.9 Å². The molecule has 0 atom stereocenters. The van der Waals surface area contributed by atoms with Crippen LogP contribution in [0.4, 0.5) is 0 Å². The first-order valence-corrected chi connectivity index (χ1v) is 9.25. The van der Waals surface area contributed by atoms with Crippen LogP contribution in [0.5, 0.6) is 0 Å². The molecule has 1 spiro atoms. The van der Waals surface area contributed by atoms with Gasteiger partial charge in [0.1, 0.15) is 11.6 Å². The van der Waals surface area contributed by atoms with Gasteiger partial charge in [0.15, 0.2) is 0 Å². The fourth-order valence-electron chi connectivity index (χ4n) is 4.30. The van der Waals surface area contributed by atoms with E-state index in [4.69, 9.17) is 0 Å². The lowest BCUT2D eigenvalue weighted by molar-refractivity contribution is 0.0466. The second-order valence-electron chi connectivity index (χ2n) is 7.18. The minimum absolute atomic E-state index is 0.192. The summed E-state index contributed by atoms with van der Waals surface area (Å²) in [6, 6.07) is 4.51. The first-order valence-electron chi connectivity index (χ1n) is 8.43. The van der Waals surface area contributed by atoms with Crippen molar-refractivity contribution in [3.63, 3.8) is 0 Å². The van der Waals surface area contributed by atoms with E-state index in [1.54, 1.807) is 0 Å². The molecule has 0 radical (unpaired) electrons. The number of hydrogen-bond acceptors (Lipinski definition) is 5. The van der Waals surface area contributed by atoms with Gasteiger partial charge >= 0.3 is 0 Å². The highest BCUT2D eigenvalue weighted by Gasteiger charge is 2.42. The van der Waals surface area contributed by atoms with Crippen LogP contribution in [0, 0.1) is 13.8 Å². The number of likely N-dealkylation sites (N-methyl/N-ethyl adjacent to an activating group) is 1. The van der Waals surface area contributed by atoms with E-state index >= 15 is 0 Å². The van der Waals surface area contributed by atoms with Crippen molar-refractivity contribution in [2.75, 3.05) is 26.7 Å². The van der Waals surface area contributed by atoms with Crippen LogP contribution in [0.3, 0.4) is 0 Å². The molecule has 0 amide bonds. The van der Waals surface area contributed by atoms with Gasteiger partial charge < -0.3 is 4.57 Å². The number of rotatable bonds is 2. The molecule has 0 aromatic carbocycles. The van der Waals surface area contributed by atoms with Crippen molar-refractivity contribution in [1.29, 1.82) is 0 Å². The molecule has 2 aromatic heterocycles. The summed E-state index contributed by atoms with van der Waals surface area (Å²) < 4.78 is 2.44. The first kappa shape index (κ1) is 15.3. The van der Waals surface area contributed by atoms with Gasteiger partial charge in [0.05, 0.1) is 12.1 Å². The van der Waals surface area contributed by atoms with E-state index in [0.717, 1.165) is 44.4 Å². The van der Waals surface area contributed by atoms with Crippen molar-refractivity contribution in [1.82, 2.24) is 24.6 Å². The number of piperidine rings is 1. The van der Waals surface area contributed by atoms with Crippen molar-refractivity contribution in [2.24, 2.45) is 0 Å². The van der Waals surface area contributed by atoms with Crippen LogP contribution in [-0.4, -0.2) is 51.2 Å². The normalized spacial score (nSPS) is 21.7. The molecule has 0 unspecified atom stereocenters. The number of hydrogen-bond donors (Lipinski definition) is 0. The average molecular weight is 331 g/mol. The highest BCUT2D eigenvalue weighted by atomic mass is 32.1. The Hall–Kier alpha value is -1.24. The Morgan fingerprint density at radius 2 is 1.96 bits per heavy atom. The molecule has 23 heavy (non-hydrogen) atoms. The molecule has 1 fully saturated rings. The summed E-state index contributed by atoms with van der Waals surface area (Å²) in [5.74, 6) is 2.22. The smallest absolute Gasteiger partial charge is 0.147 e. The van der Waals surface area contributed by atoms with Gasteiger partial charge in [-0.1, -0.05) is 0 Å². The van der Waals surface area contributed by atoms with E-state index in [1.165, 1.54) is 22.6 Å². The van der Waals surface area contributed by atoms with Gasteiger partial charge in [0.25, 0.3) is 0 Å². The van der Waals surface area contributed by atoms with Crippen LogP contribution in [0.2, 0.25) is 0 Å². The molecule has 0 saturated carbocycles. The van der Waals surface area contributed by atoms with Gasteiger partial charge in [-0.2, -0.15) is 0 Å². The fourth-order valence-corrected chi connectivity index (χ4v) is 5.23. The zero-order valence-electron chi connectivity index (χ0n) is 14.2. The highest BCUT2D eigenvalue weighted by Crippen LogP contribution is 2.36. The molecular weight excluding hydrogens is 306 g/mol. The lowest BCUT2D eigenvalue weighted by Gasteiger charge is -2.48. The van der Waals surface area contributed by atoms with Crippen LogP contribution in [0.25, 0.3) is 0 Å². The van der Waals surface area contributed by atoms with Crippen molar-refractivity contribution in [3.05, 3.63) is 33.5 Å². The summed E-state index contributed by atoms with van der Waals surface area (Å²) in [5.41, 5.74) is 0.192. The summed E-state index contributed by atoms with van der Waals surface area (Å²) >= 11 is 1.93. The van der Waals surface area contributed by atoms with E-state index in [1.807, 2.05) is 11.3 Å². The number of likely N-dealkylation sites (tertiary alicyclic amines) is 1. The minimum Gasteiger partial charge on any atom is -0.306 e. The predicted molar refractivity (Wildman–Crippen MR) is 92.6 cm³/mol. The molecule has 0 N–H and O–H groups in total. The zero-order chi connectivity index (χ0) is 16.0. The standard InChI is InChI=1S/C17H25N5S/c1-13-4-5-15(23-13)10-21-8-6-17(7-9-21)12-20(3)11-16-19-18-14(2)22(16)17/h4-5H,6-12H2,1-3H3. The van der Waals surface area contributed by atoms with E-state index < -0.39 is 0 Å². The maximum absolute atomic E-state index is 4.41. The second kappa shape index (κ2) is 5.69. The lowest BCUT2D eigenvalue weighted by atomic mass is 9.84. The molecule has 2 aliphatic rings. The molecule has 0 bridgehead atoms. The third-order valence-electron chi connectivity index (χ3n) is 5.30. The largest absolute Gasteiger partial charge is 0.306 e. The van der Waals surface area contributed by atoms with Gasteiger partial charge in [-0.05, 0) is 45.9 Å². The third kappa shape index (κ3) is 2.73. The molecule has 0 aliphatic carbocycles. The summed E-state index contributed by atoms with van der Waals surface area (Å²) in [6.07, 6.45) is 2.38. The van der Waals surface area contributed by atoms with Crippen molar-refractivity contribution in [3.8, 4) is 0 Å². The topological polar surface area (TPSA) is 37.2 Å². The molecule has 6 heteroatoms. The first-order chi connectivity index (χ1) is 11.1. The SMILES string of the molecule is Cc1ccc(CN2CCC3(CC2)CN(C)Cc2nnc(C)n23)s1. The lowest BCUT2D eigenvalue weighted by Crippen LogP contribution is -2.55. The van der Waals surface area contributed by atoms with Gasteiger partial charge in [-0.3, -0.25) is 9.80 Å². The predicted octanol–water partition coefficient (Wildman–Crippen LogP) is 2.39. The van der Waals surface area contributed by atoms with E-state index in [2.05, 4.69) is 57.6 Å². The van der Waals surface area contributed by atoms with Crippen LogP contribution >= 0.6 is 11.3 Å². The maximum atomic E-state index is 4.41. The minimum atomic E-state index is 0.192. The van der Waals surface area contributed by atoms with Crippen LogP contribution in [-0.2, 0) is 18.6 Å². The Kier molecular flexibility index (Phi) is 3.78. The van der Waals surface area contributed by atoms with Crippen molar-refractivity contribution < 1.29 is 0 Å². The average Bonchev–Trinajstić information content (AvgIpc) is 3.08. The summed E-state index contributed by atoms with van der Waals surface area (Å²) in [4.78, 5) is 7.90. The third-order valence-corrected chi connectivity index (χ3v) is 6.29. The van der Waals surface area contributed by atoms with E-state index in [0.29, 0.717) is 0 Å². The second-order valence-corrected chi connectivity index (χ2v) is 8.56. The number of nitrogens with zero attached hydrogens (tertiary/aromatic N) is 5. The van der Waals surface area contributed by atoms with Crippen LogP contribution < -0.4 is 0 Å². The maximum Gasteiger partial charge on any atom is 0.147 e. The number of aromatic nitrogens is 3. The molecule has 2 aliphatic heterocycles. The zero-order valence-corrected chi connectivity index (χ0v) is 15.1. The van der Waals surface area contributed by atoms with Crippen LogP contribution in [0.15, 0.2) is 12.1 Å². The van der Waals surface area contributed by atoms with Gasteiger partial charge in [-0.15, -0.1) is 21.5 Å². The molecule has 5 nitrogen and oxygen atoms in total. The number of fused-ring (bicyclic) bond motifs is 2. The Bertz CT molecular complexity index is 696. The Morgan fingerprint density at radius 1 is 1.17 bits per heavy atom. The summed E-state index contributed by atoms with van der Waals surface area (Å²) in [6.45, 7) is 9.73. The van der Waals surface area contributed by atoms with Crippen molar-refractivity contribution in [2.45, 2.75) is 45.3 Å². The number of aryl methyl sites for hydroxylation is 2. The van der Waals surface area contributed by atoms with Gasteiger partial charge in [0.2, 0.25) is 0 Å². The number of thiophene rings is 1.